The molecule has 0 aromatic carbocycles. The van der Waals surface area contributed by atoms with Crippen molar-refractivity contribution in [3.63, 3.8) is 0 Å². The summed E-state index contributed by atoms with van der Waals surface area (Å²) in [5.74, 6) is 2.02. The van der Waals surface area contributed by atoms with Gasteiger partial charge in [-0.3, -0.25) is 4.79 Å². The van der Waals surface area contributed by atoms with E-state index in [1.54, 1.807) is 5.57 Å². The van der Waals surface area contributed by atoms with E-state index in [-0.39, 0.29) is 28.1 Å². The number of aryl methyl sites for hydroxylation is 1. The van der Waals surface area contributed by atoms with Gasteiger partial charge in [-0.25, -0.2) is 4.98 Å². The maximum absolute atomic E-state index is 12.9. The Hall–Kier alpha value is -1.13. The van der Waals surface area contributed by atoms with Gasteiger partial charge in [0.2, 0.25) is 0 Å². The van der Waals surface area contributed by atoms with Crippen molar-refractivity contribution in [1.82, 2.24) is 4.98 Å². The predicted molar refractivity (Wildman–Crippen MR) is 206 cm³/mol. The third kappa shape index (κ3) is 8.61. The number of thiazole rings is 1. The zero-order chi connectivity index (χ0) is 35.2. The summed E-state index contributed by atoms with van der Waals surface area (Å²) in [7, 11) is -3.94. The first-order chi connectivity index (χ1) is 21.6. The van der Waals surface area contributed by atoms with Crippen LogP contribution in [-0.2, 0) is 8.85 Å². The summed E-state index contributed by atoms with van der Waals surface area (Å²) in [6.07, 6.45) is 14.7. The summed E-state index contributed by atoms with van der Waals surface area (Å²) in [6, 6.07) is 0. The average Bonchev–Trinajstić information content (AvgIpc) is 3.54. The second kappa shape index (κ2) is 14.2. The number of Topliss-reactive ketones (excluding diaryl/α,β-unsaturated/α-hetero) is 1. The monoisotopic (exact) mass is 697 g/mol. The Morgan fingerprint density at radius 1 is 1.09 bits per heavy atom. The standard InChI is InChI=1S/C40H67NO3SSi2/c1-27(17-22-35(42)37-41-28(2)26-45-37)33-20-21-34-30(16-15-23-40(33,34)10)18-19-31-24-32(43-46(11,12)38(4,5)6)25-36(29(31)3)44-47(13,14)39(7,8)9/h18-19,26-27,32-34,36H,3,15-17,20-25H2,1-2,4-14H3/t27-,32?,33-,34+,36?,40-/m1/s1. The van der Waals surface area contributed by atoms with E-state index in [2.05, 4.69) is 105 Å². The third-order valence-electron chi connectivity index (χ3n) is 13.1. The maximum Gasteiger partial charge on any atom is 0.192 e. The molecule has 3 aliphatic rings. The molecule has 0 radical (unpaired) electrons. The number of nitrogens with zero attached hydrogens (tertiary/aromatic N) is 1. The highest BCUT2D eigenvalue weighted by Gasteiger charge is 2.51. The van der Waals surface area contributed by atoms with Crippen LogP contribution in [0.2, 0.25) is 36.3 Å². The molecule has 3 saturated carbocycles. The van der Waals surface area contributed by atoms with Crippen LogP contribution in [0.5, 0.6) is 0 Å². The van der Waals surface area contributed by atoms with E-state index in [9.17, 15) is 4.79 Å². The van der Waals surface area contributed by atoms with Gasteiger partial charge in [-0.15, -0.1) is 11.3 Å². The molecule has 1 aromatic heterocycles. The lowest BCUT2D eigenvalue weighted by Gasteiger charge is -2.46. The van der Waals surface area contributed by atoms with Gasteiger partial charge in [-0.2, -0.15) is 0 Å². The van der Waals surface area contributed by atoms with Crippen LogP contribution in [0.3, 0.4) is 0 Å². The number of ketones is 1. The minimum Gasteiger partial charge on any atom is -0.413 e. The van der Waals surface area contributed by atoms with Crippen molar-refractivity contribution in [1.29, 1.82) is 0 Å². The summed E-state index contributed by atoms with van der Waals surface area (Å²) < 4.78 is 14.2. The molecule has 0 spiro atoms. The Kier molecular flexibility index (Phi) is 11.7. The highest BCUT2D eigenvalue weighted by molar-refractivity contribution is 7.11. The lowest BCUT2D eigenvalue weighted by atomic mass is 9.60. The molecule has 264 valence electrons. The molecule has 0 aliphatic heterocycles. The minimum atomic E-state index is -1.99. The van der Waals surface area contributed by atoms with E-state index in [0.29, 0.717) is 34.6 Å². The van der Waals surface area contributed by atoms with Gasteiger partial charge in [0, 0.05) is 23.9 Å². The molecule has 7 heteroatoms. The average molecular weight is 698 g/mol. The largest absolute Gasteiger partial charge is 0.413 e. The summed E-state index contributed by atoms with van der Waals surface area (Å²) in [5, 5.41) is 2.97. The van der Waals surface area contributed by atoms with Crippen LogP contribution in [-0.4, -0.2) is 39.6 Å². The lowest BCUT2D eigenvalue weighted by Crippen LogP contribution is -2.49. The van der Waals surface area contributed by atoms with Crippen molar-refractivity contribution in [2.24, 2.45) is 23.2 Å². The van der Waals surface area contributed by atoms with Crippen molar-refractivity contribution < 1.29 is 13.6 Å². The Labute approximate surface area is 294 Å². The number of carbonyl (C=O) groups excluding carboxylic acids is 1. The SMILES string of the molecule is C=C1C(=CC=C2CCC[C@]3(C)[C@@H]([C@H](C)CCC(=O)c4nc(C)cs4)CC[C@@H]23)CC(O[Si](C)(C)C(C)(C)C)CC1O[Si](C)(C)C(C)(C)C. The first kappa shape index (κ1) is 38.7. The van der Waals surface area contributed by atoms with E-state index >= 15 is 0 Å². The molecule has 4 rings (SSSR count). The van der Waals surface area contributed by atoms with Gasteiger partial charge in [-0.05, 0) is 122 Å². The molecule has 1 heterocycles. The Balaban J connectivity index is 1.54. The van der Waals surface area contributed by atoms with Crippen LogP contribution in [0.15, 0.2) is 40.8 Å². The lowest BCUT2D eigenvalue weighted by molar-refractivity contribution is 0.0855. The number of hydrogen-bond acceptors (Lipinski definition) is 5. The molecule has 6 atom stereocenters. The molecule has 47 heavy (non-hydrogen) atoms. The fourth-order valence-electron chi connectivity index (χ4n) is 8.13. The summed E-state index contributed by atoms with van der Waals surface area (Å²) in [4.78, 5) is 17.3. The molecular weight excluding hydrogens is 631 g/mol. The fourth-order valence-corrected chi connectivity index (χ4v) is 11.6. The third-order valence-corrected chi connectivity index (χ3v) is 23.2. The fraction of sp³-hybridized carbons (Fsp3) is 0.750. The Morgan fingerprint density at radius 3 is 2.32 bits per heavy atom. The first-order valence-electron chi connectivity index (χ1n) is 18.5. The molecule has 0 bridgehead atoms. The number of hydrogen-bond donors (Lipinski definition) is 0. The number of fused-ring (bicyclic) bond motifs is 1. The topological polar surface area (TPSA) is 48.4 Å². The molecule has 0 saturated heterocycles. The van der Waals surface area contributed by atoms with Gasteiger partial charge >= 0.3 is 0 Å². The second-order valence-electron chi connectivity index (χ2n) is 18.6. The Morgan fingerprint density at radius 2 is 1.72 bits per heavy atom. The Bertz CT molecular complexity index is 1360. The number of carbonyl (C=O) groups is 1. The molecule has 0 N–H and O–H groups in total. The van der Waals surface area contributed by atoms with Crippen LogP contribution in [0.4, 0.5) is 0 Å². The van der Waals surface area contributed by atoms with Crippen LogP contribution in [0.25, 0.3) is 0 Å². The van der Waals surface area contributed by atoms with E-state index in [1.165, 1.54) is 54.6 Å². The molecule has 3 aliphatic carbocycles. The normalized spacial score (nSPS) is 30.2. The second-order valence-corrected chi connectivity index (χ2v) is 29.0. The minimum absolute atomic E-state index is 0.00777. The van der Waals surface area contributed by atoms with Crippen LogP contribution >= 0.6 is 11.3 Å². The summed E-state index contributed by atoms with van der Waals surface area (Å²) in [5.41, 5.74) is 5.36. The first-order valence-corrected chi connectivity index (χ1v) is 25.1. The van der Waals surface area contributed by atoms with Gasteiger partial charge in [-0.1, -0.05) is 79.7 Å². The quantitative estimate of drug-likeness (QED) is 0.180. The van der Waals surface area contributed by atoms with E-state index in [1.807, 2.05) is 12.3 Å². The smallest absolute Gasteiger partial charge is 0.192 e. The van der Waals surface area contributed by atoms with Crippen molar-refractivity contribution in [3.8, 4) is 0 Å². The number of rotatable bonds is 10. The van der Waals surface area contributed by atoms with Gasteiger partial charge in [0.15, 0.2) is 27.4 Å². The zero-order valence-corrected chi connectivity index (χ0v) is 35.1. The van der Waals surface area contributed by atoms with Gasteiger partial charge < -0.3 is 8.85 Å². The van der Waals surface area contributed by atoms with Crippen LogP contribution in [0.1, 0.15) is 129 Å². The molecule has 3 fully saturated rings. The maximum atomic E-state index is 12.9. The molecule has 1 aromatic rings. The van der Waals surface area contributed by atoms with Crippen LogP contribution in [0, 0.1) is 30.1 Å². The highest BCUT2D eigenvalue weighted by Crippen LogP contribution is 2.60. The molecule has 4 nitrogen and oxygen atoms in total. The summed E-state index contributed by atoms with van der Waals surface area (Å²) >= 11 is 1.49. The number of aromatic nitrogens is 1. The highest BCUT2D eigenvalue weighted by atomic mass is 32.1. The van der Waals surface area contributed by atoms with Crippen molar-refractivity contribution >= 4 is 33.8 Å². The predicted octanol–water partition coefficient (Wildman–Crippen LogP) is 12.3. The molecule has 2 unspecified atom stereocenters. The zero-order valence-electron chi connectivity index (χ0n) is 32.3. The van der Waals surface area contributed by atoms with Gasteiger partial charge in [0.25, 0.3) is 0 Å². The molecular formula is C40H67NO3SSi2. The van der Waals surface area contributed by atoms with Gasteiger partial charge in [0.1, 0.15) is 0 Å². The van der Waals surface area contributed by atoms with Crippen LogP contribution < -0.4 is 0 Å². The van der Waals surface area contributed by atoms with E-state index in [4.69, 9.17) is 8.85 Å². The van der Waals surface area contributed by atoms with Crippen molar-refractivity contribution in [3.05, 3.63) is 51.5 Å². The van der Waals surface area contributed by atoms with Crippen molar-refractivity contribution in [2.75, 3.05) is 0 Å². The summed E-state index contributed by atoms with van der Waals surface area (Å²) in [6.45, 7) is 35.1. The van der Waals surface area contributed by atoms with E-state index in [0.717, 1.165) is 25.0 Å². The molecule has 0 amide bonds. The number of allylic oxidation sites excluding steroid dienone is 3. The van der Waals surface area contributed by atoms with E-state index < -0.39 is 16.6 Å². The van der Waals surface area contributed by atoms with Crippen molar-refractivity contribution in [2.45, 2.75) is 169 Å². The van der Waals surface area contributed by atoms with Gasteiger partial charge in [0.05, 0.1) is 12.2 Å².